The number of aryl methyl sites for hydroxylation is 2. The molecule has 4 rings (SSSR count). The number of hydrogen-bond acceptors (Lipinski definition) is 4. The Labute approximate surface area is 156 Å². The second kappa shape index (κ2) is 6.72. The summed E-state index contributed by atoms with van der Waals surface area (Å²) in [6.45, 7) is 6.68. The summed E-state index contributed by atoms with van der Waals surface area (Å²) in [6.07, 6.45) is 0. The summed E-state index contributed by atoms with van der Waals surface area (Å²) in [5.41, 5.74) is 6.05. The Hall–Kier alpha value is -3.41. The molecule has 0 spiro atoms. The van der Waals surface area contributed by atoms with Gasteiger partial charge in [-0.1, -0.05) is 35.9 Å². The summed E-state index contributed by atoms with van der Waals surface area (Å²) >= 11 is 0. The van der Waals surface area contributed by atoms with E-state index in [0.717, 1.165) is 22.5 Å². The first-order valence-electron chi connectivity index (χ1n) is 8.87. The van der Waals surface area contributed by atoms with E-state index < -0.39 is 0 Å². The second-order valence-corrected chi connectivity index (χ2v) is 6.77. The predicted octanol–water partition coefficient (Wildman–Crippen LogP) is 3.62. The molecule has 0 aliphatic heterocycles. The van der Waals surface area contributed by atoms with Gasteiger partial charge in [0.15, 0.2) is 5.82 Å². The molecule has 0 unspecified atom stereocenters. The van der Waals surface area contributed by atoms with Crippen molar-refractivity contribution < 1.29 is 0 Å². The fourth-order valence-corrected chi connectivity index (χ4v) is 3.07. The van der Waals surface area contributed by atoms with Gasteiger partial charge in [0.25, 0.3) is 5.56 Å². The van der Waals surface area contributed by atoms with Gasteiger partial charge in [-0.05, 0) is 44.0 Å². The predicted molar refractivity (Wildman–Crippen MR) is 107 cm³/mol. The lowest BCUT2D eigenvalue weighted by Crippen LogP contribution is -2.17. The number of rotatable bonds is 4. The van der Waals surface area contributed by atoms with E-state index in [-0.39, 0.29) is 5.56 Å². The van der Waals surface area contributed by atoms with Crippen LogP contribution in [0.1, 0.15) is 22.4 Å². The van der Waals surface area contributed by atoms with E-state index >= 15 is 0 Å². The van der Waals surface area contributed by atoms with Crippen LogP contribution < -0.4 is 10.9 Å². The van der Waals surface area contributed by atoms with E-state index in [1.807, 2.05) is 43.3 Å². The molecule has 0 atom stereocenters. The zero-order valence-corrected chi connectivity index (χ0v) is 15.6. The Morgan fingerprint density at radius 2 is 1.89 bits per heavy atom. The van der Waals surface area contributed by atoms with E-state index in [4.69, 9.17) is 0 Å². The van der Waals surface area contributed by atoms with Crippen molar-refractivity contribution in [1.82, 2.24) is 19.6 Å². The van der Waals surface area contributed by atoms with Crippen LogP contribution in [0.4, 0.5) is 5.69 Å². The molecular weight excluding hydrogens is 338 g/mol. The van der Waals surface area contributed by atoms with Gasteiger partial charge in [0, 0.05) is 23.0 Å². The number of nitrogens with one attached hydrogen (secondary N) is 2. The lowest BCUT2D eigenvalue weighted by molar-refractivity contribution is 0.878. The second-order valence-electron chi connectivity index (χ2n) is 6.77. The van der Waals surface area contributed by atoms with Crippen LogP contribution in [-0.2, 0) is 6.54 Å². The molecule has 6 heteroatoms. The molecule has 0 saturated heterocycles. The van der Waals surface area contributed by atoms with Crippen LogP contribution in [0.25, 0.3) is 17.2 Å². The molecule has 6 nitrogen and oxygen atoms in total. The van der Waals surface area contributed by atoms with Gasteiger partial charge in [-0.15, -0.1) is 5.10 Å². The maximum absolute atomic E-state index is 12.5. The lowest BCUT2D eigenvalue weighted by Gasteiger charge is -2.11. The van der Waals surface area contributed by atoms with Crippen molar-refractivity contribution in [2.75, 3.05) is 5.32 Å². The molecule has 2 N–H and O–H groups in total. The van der Waals surface area contributed by atoms with Crippen molar-refractivity contribution in [2.24, 2.45) is 0 Å². The zero-order chi connectivity index (χ0) is 19.0. The fraction of sp³-hybridized carbons (Fsp3) is 0.190. The quantitative estimate of drug-likeness (QED) is 0.583. The molecule has 0 fully saturated rings. The largest absolute Gasteiger partial charge is 0.379 e. The number of H-pyrrole nitrogens is 1. The third kappa shape index (κ3) is 3.33. The van der Waals surface area contributed by atoms with Crippen LogP contribution in [-0.4, -0.2) is 19.6 Å². The Morgan fingerprint density at radius 3 is 2.70 bits per heavy atom. The summed E-state index contributed by atoms with van der Waals surface area (Å²) in [6, 6.07) is 15.6. The average molecular weight is 359 g/mol. The lowest BCUT2D eigenvalue weighted by atomic mass is 10.1. The third-order valence-corrected chi connectivity index (χ3v) is 4.74. The van der Waals surface area contributed by atoms with Crippen LogP contribution >= 0.6 is 0 Å². The molecule has 0 amide bonds. The summed E-state index contributed by atoms with van der Waals surface area (Å²) in [7, 11) is 0. The normalized spacial score (nSPS) is 11.1. The van der Waals surface area contributed by atoms with Crippen LogP contribution in [0.15, 0.2) is 53.3 Å². The molecule has 0 radical (unpaired) electrons. The SMILES string of the molecule is Cc1cccc(-c2nc3[nH]c(CNc4cccc(C)c4C)cc(=O)n3n2)c1. The number of fused-ring (bicyclic) bond motifs is 1. The van der Waals surface area contributed by atoms with Gasteiger partial charge < -0.3 is 10.3 Å². The molecule has 136 valence electrons. The van der Waals surface area contributed by atoms with E-state index in [1.165, 1.54) is 15.6 Å². The average Bonchev–Trinajstić information content (AvgIpc) is 3.08. The molecule has 2 aromatic heterocycles. The molecule has 0 saturated carbocycles. The maximum atomic E-state index is 12.5. The minimum atomic E-state index is -0.201. The molecule has 27 heavy (non-hydrogen) atoms. The standard InChI is InChI=1S/C21H21N5O/c1-13-6-4-8-16(10-13)20-24-21-23-17(11-19(27)26(21)25-20)12-22-18-9-5-7-14(2)15(18)3/h4-11,22H,12H2,1-3H3,(H,23,24,25). The van der Waals surface area contributed by atoms with Gasteiger partial charge in [-0.3, -0.25) is 4.79 Å². The molecule has 4 aromatic rings. The van der Waals surface area contributed by atoms with Gasteiger partial charge in [0.2, 0.25) is 5.78 Å². The Balaban J connectivity index is 1.65. The van der Waals surface area contributed by atoms with Crippen LogP contribution in [0.3, 0.4) is 0 Å². The highest BCUT2D eigenvalue weighted by atomic mass is 16.1. The molecule has 0 aliphatic carbocycles. The highest BCUT2D eigenvalue weighted by Crippen LogP contribution is 2.19. The molecule has 2 aromatic carbocycles. The monoisotopic (exact) mass is 359 g/mol. The van der Waals surface area contributed by atoms with E-state index in [1.54, 1.807) is 6.07 Å². The van der Waals surface area contributed by atoms with Crippen molar-refractivity contribution in [3.63, 3.8) is 0 Å². The Morgan fingerprint density at radius 1 is 1.07 bits per heavy atom. The molecule has 0 bridgehead atoms. The minimum absolute atomic E-state index is 0.201. The number of aromatic amines is 1. The Bertz CT molecular complexity index is 1190. The van der Waals surface area contributed by atoms with Crippen molar-refractivity contribution in [3.8, 4) is 11.4 Å². The third-order valence-electron chi connectivity index (χ3n) is 4.74. The van der Waals surface area contributed by atoms with Crippen molar-refractivity contribution in [2.45, 2.75) is 27.3 Å². The molecule has 0 aliphatic rings. The van der Waals surface area contributed by atoms with Crippen LogP contribution in [0.2, 0.25) is 0 Å². The van der Waals surface area contributed by atoms with Gasteiger partial charge in [-0.25, -0.2) is 0 Å². The first-order chi connectivity index (χ1) is 13.0. The number of aromatic nitrogens is 4. The summed E-state index contributed by atoms with van der Waals surface area (Å²) in [4.78, 5) is 20.2. The molecule has 2 heterocycles. The van der Waals surface area contributed by atoms with Gasteiger partial charge in [-0.2, -0.15) is 9.50 Å². The van der Waals surface area contributed by atoms with E-state index in [2.05, 4.69) is 40.3 Å². The number of benzene rings is 2. The van der Waals surface area contributed by atoms with E-state index in [9.17, 15) is 4.79 Å². The van der Waals surface area contributed by atoms with Gasteiger partial charge in [0.1, 0.15) is 0 Å². The van der Waals surface area contributed by atoms with Crippen molar-refractivity contribution >= 4 is 11.5 Å². The maximum Gasteiger partial charge on any atom is 0.275 e. The van der Waals surface area contributed by atoms with Gasteiger partial charge in [0.05, 0.1) is 6.54 Å². The smallest absolute Gasteiger partial charge is 0.275 e. The first kappa shape index (κ1) is 17.0. The molecular formula is C21H21N5O. The summed E-state index contributed by atoms with van der Waals surface area (Å²) in [5, 5.41) is 7.73. The van der Waals surface area contributed by atoms with Crippen molar-refractivity contribution in [3.05, 3.63) is 81.3 Å². The summed E-state index contributed by atoms with van der Waals surface area (Å²) < 4.78 is 1.30. The number of anilines is 1. The van der Waals surface area contributed by atoms with Crippen LogP contribution in [0.5, 0.6) is 0 Å². The highest BCUT2D eigenvalue weighted by Gasteiger charge is 2.10. The Kier molecular flexibility index (Phi) is 4.24. The van der Waals surface area contributed by atoms with Crippen molar-refractivity contribution in [1.29, 1.82) is 0 Å². The first-order valence-corrected chi connectivity index (χ1v) is 8.87. The van der Waals surface area contributed by atoms with Crippen LogP contribution in [0, 0.1) is 20.8 Å². The number of nitrogens with zero attached hydrogens (tertiary/aromatic N) is 3. The van der Waals surface area contributed by atoms with E-state index in [0.29, 0.717) is 18.1 Å². The zero-order valence-electron chi connectivity index (χ0n) is 15.6. The number of hydrogen-bond donors (Lipinski definition) is 2. The fourth-order valence-electron chi connectivity index (χ4n) is 3.07. The topological polar surface area (TPSA) is 75.1 Å². The minimum Gasteiger partial charge on any atom is -0.379 e. The summed E-state index contributed by atoms with van der Waals surface area (Å²) in [5.74, 6) is 0.975. The van der Waals surface area contributed by atoms with Gasteiger partial charge >= 0.3 is 0 Å². The highest BCUT2D eigenvalue weighted by molar-refractivity contribution is 5.58.